The van der Waals surface area contributed by atoms with Gasteiger partial charge in [-0.2, -0.15) is 0 Å². The van der Waals surface area contributed by atoms with Gasteiger partial charge in [-0.05, 0) is 125 Å². The van der Waals surface area contributed by atoms with Crippen LogP contribution in [0.15, 0.2) is 18.2 Å². The molecule has 1 aromatic carbocycles. The van der Waals surface area contributed by atoms with Gasteiger partial charge < -0.3 is 14.9 Å². The van der Waals surface area contributed by atoms with Gasteiger partial charge >= 0.3 is 5.97 Å². The molecular weight excluding hydrogens is 376 g/mol. The molecule has 0 amide bonds. The lowest BCUT2D eigenvalue weighted by Crippen LogP contribution is -2.35. The maximum absolute atomic E-state index is 12.8. The van der Waals surface area contributed by atoms with Gasteiger partial charge in [0, 0.05) is 0 Å². The minimum absolute atomic E-state index is 0.257. The van der Waals surface area contributed by atoms with Gasteiger partial charge in [0.25, 0.3) is 0 Å². The summed E-state index contributed by atoms with van der Waals surface area (Å²) in [6, 6.07) is 5.76. The summed E-state index contributed by atoms with van der Waals surface area (Å²) in [5.41, 5.74) is -0.633. The monoisotopic (exact) mass is 412 g/mol. The normalized spacial score (nSPS) is 39.6. The Balaban J connectivity index is 1.55. The SMILES string of the molecule is CCC(C)(C)C(=O)Oc1cc(C2(O)CC3CCC2C3)cc(C2(O)CC3CCC2C3)c1. The van der Waals surface area contributed by atoms with Crippen LogP contribution < -0.4 is 4.74 Å². The summed E-state index contributed by atoms with van der Waals surface area (Å²) >= 11 is 0. The Hall–Kier alpha value is -1.39. The minimum atomic E-state index is -0.867. The van der Waals surface area contributed by atoms with Crippen molar-refractivity contribution >= 4 is 5.97 Å². The van der Waals surface area contributed by atoms with Gasteiger partial charge in [-0.25, -0.2) is 0 Å². The number of carbonyl (C=O) groups is 1. The average molecular weight is 413 g/mol. The molecule has 6 unspecified atom stereocenters. The fourth-order valence-electron chi connectivity index (χ4n) is 6.86. The first-order valence-electron chi connectivity index (χ1n) is 12.0. The highest BCUT2D eigenvalue weighted by atomic mass is 16.5. The molecule has 4 aliphatic carbocycles. The smallest absolute Gasteiger partial charge is 0.316 e. The van der Waals surface area contributed by atoms with Crippen molar-refractivity contribution < 1.29 is 19.7 Å². The molecule has 5 rings (SSSR count). The van der Waals surface area contributed by atoms with E-state index in [4.69, 9.17) is 4.74 Å². The van der Waals surface area contributed by atoms with E-state index in [0.717, 1.165) is 49.7 Å². The quantitative estimate of drug-likeness (QED) is 0.525. The van der Waals surface area contributed by atoms with Gasteiger partial charge in [0.15, 0.2) is 0 Å². The fourth-order valence-corrected chi connectivity index (χ4v) is 6.86. The Morgan fingerprint density at radius 1 is 0.967 bits per heavy atom. The molecule has 0 aliphatic heterocycles. The molecule has 30 heavy (non-hydrogen) atoms. The molecule has 4 fully saturated rings. The number of benzene rings is 1. The maximum atomic E-state index is 12.8. The Bertz CT molecular complexity index is 808. The summed E-state index contributed by atoms with van der Waals surface area (Å²) in [6.45, 7) is 5.78. The second-order valence-corrected chi connectivity index (χ2v) is 11.4. The summed E-state index contributed by atoms with van der Waals surface area (Å²) < 4.78 is 5.86. The molecule has 164 valence electrons. The molecule has 4 aliphatic rings. The maximum Gasteiger partial charge on any atom is 0.316 e. The van der Waals surface area contributed by atoms with Crippen LogP contribution in [0.2, 0.25) is 0 Å². The zero-order valence-electron chi connectivity index (χ0n) is 18.6. The van der Waals surface area contributed by atoms with Crippen molar-refractivity contribution in [3.8, 4) is 5.75 Å². The first-order chi connectivity index (χ1) is 14.1. The Labute approximate surface area is 180 Å². The highest BCUT2D eigenvalue weighted by Crippen LogP contribution is 2.58. The van der Waals surface area contributed by atoms with E-state index < -0.39 is 16.6 Å². The zero-order valence-corrected chi connectivity index (χ0v) is 18.6. The van der Waals surface area contributed by atoms with Gasteiger partial charge in [0.05, 0.1) is 16.6 Å². The van der Waals surface area contributed by atoms with Gasteiger partial charge in [-0.15, -0.1) is 0 Å². The van der Waals surface area contributed by atoms with Crippen LogP contribution in [-0.4, -0.2) is 16.2 Å². The summed E-state index contributed by atoms with van der Waals surface area (Å²) in [6.07, 6.45) is 8.91. The van der Waals surface area contributed by atoms with Crippen LogP contribution in [0, 0.1) is 29.1 Å². The van der Waals surface area contributed by atoms with Crippen LogP contribution in [0.25, 0.3) is 0 Å². The molecule has 6 atom stereocenters. The Kier molecular flexibility index (Phi) is 4.65. The number of esters is 1. The summed E-state index contributed by atoms with van der Waals surface area (Å²) in [5, 5.41) is 23.4. The van der Waals surface area contributed by atoms with Gasteiger partial charge in [-0.1, -0.05) is 6.92 Å². The topological polar surface area (TPSA) is 66.8 Å². The number of hydrogen-bond donors (Lipinski definition) is 2. The van der Waals surface area contributed by atoms with Crippen molar-refractivity contribution in [2.24, 2.45) is 29.1 Å². The van der Waals surface area contributed by atoms with E-state index in [-0.39, 0.29) is 17.8 Å². The number of fused-ring (bicyclic) bond motifs is 4. The van der Waals surface area contributed by atoms with Crippen LogP contribution in [0.4, 0.5) is 0 Å². The van der Waals surface area contributed by atoms with Gasteiger partial charge in [0.2, 0.25) is 0 Å². The molecular formula is C26H36O4. The van der Waals surface area contributed by atoms with Crippen molar-refractivity contribution in [2.45, 2.75) is 89.8 Å². The number of ether oxygens (including phenoxy) is 1. The van der Waals surface area contributed by atoms with Crippen molar-refractivity contribution in [3.63, 3.8) is 0 Å². The lowest BCUT2D eigenvalue weighted by molar-refractivity contribution is -0.144. The average Bonchev–Trinajstić information content (AvgIpc) is 3.48. The number of aliphatic hydroxyl groups is 2. The first-order valence-corrected chi connectivity index (χ1v) is 12.0. The molecule has 0 aromatic heterocycles. The standard InChI is InChI=1S/C26H36O4/c1-4-24(2,3)23(27)30-22-12-20(25(28)14-16-5-7-18(25)9-16)11-21(13-22)26(29)15-17-6-8-19(26)10-17/h11-13,16-19,28-29H,4-10,14-15H2,1-3H3. The van der Waals surface area contributed by atoms with E-state index in [1.165, 1.54) is 12.8 Å². The lowest BCUT2D eigenvalue weighted by Gasteiger charge is -2.37. The molecule has 0 saturated heterocycles. The second-order valence-electron chi connectivity index (χ2n) is 11.4. The lowest BCUT2D eigenvalue weighted by atomic mass is 9.74. The molecule has 4 saturated carbocycles. The third kappa shape index (κ3) is 3.05. The number of hydrogen-bond acceptors (Lipinski definition) is 4. The fraction of sp³-hybridized carbons (Fsp3) is 0.731. The number of carbonyl (C=O) groups excluding carboxylic acids is 1. The molecule has 2 N–H and O–H groups in total. The van der Waals surface area contributed by atoms with Crippen LogP contribution in [0.1, 0.15) is 89.7 Å². The van der Waals surface area contributed by atoms with Crippen molar-refractivity contribution in [3.05, 3.63) is 29.3 Å². The highest BCUT2D eigenvalue weighted by molar-refractivity contribution is 5.78. The zero-order chi connectivity index (χ0) is 21.3. The van der Waals surface area contributed by atoms with Crippen molar-refractivity contribution in [2.75, 3.05) is 0 Å². The van der Waals surface area contributed by atoms with Gasteiger partial charge in [0.1, 0.15) is 5.75 Å². The molecule has 0 heterocycles. The van der Waals surface area contributed by atoms with E-state index in [9.17, 15) is 15.0 Å². The third-order valence-corrected chi connectivity index (χ3v) is 9.19. The molecule has 0 radical (unpaired) electrons. The molecule has 1 aromatic rings. The van der Waals surface area contributed by atoms with Crippen LogP contribution in [0.3, 0.4) is 0 Å². The van der Waals surface area contributed by atoms with E-state index in [1.54, 1.807) is 0 Å². The molecule has 4 bridgehead atoms. The van der Waals surface area contributed by atoms with Crippen molar-refractivity contribution in [1.29, 1.82) is 0 Å². The Morgan fingerprint density at radius 2 is 1.47 bits per heavy atom. The van der Waals surface area contributed by atoms with Crippen LogP contribution in [-0.2, 0) is 16.0 Å². The van der Waals surface area contributed by atoms with E-state index in [2.05, 4.69) is 0 Å². The van der Waals surface area contributed by atoms with E-state index >= 15 is 0 Å². The van der Waals surface area contributed by atoms with Crippen molar-refractivity contribution in [1.82, 2.24) is 0 Å². The minimum Gasteiger partial charge on any atom is -0.426 e. The van der Waals surface area contributed by atoms with Gasteiger partial charge in [-0.3, -0.25) is 4.79 Å². The van der Waals surface area contributed by atoms with E-state index in [0.29, 0.717) is 24.0 Å². The predicted molar refractivity (Wildman–Crippen MR) is 115 cm³/mol. The van der Waals surface area contributed by atoms with E-state index in [1.807, 2.05) is 39.0 Å². The summed E-state index contributed by atoms with van der Waals surface area (Å²) in [5.74, 6) is 1.92. The predicted octanol–water partition coefficient (Wildman–Crippen LogP) is 5.04. The van der Waals surface area contributed by atoms with Crippen LogP contribution >= 0.6 is 0 Å². The first kappa shape index (κ1) is 20.5. The second kappa shape index (κ2) is 6.80. The molecule has 4 heteroatoms. The third-order valence-electron chi connectivity index (χ3n) is 9.19. The summed E-state index contributed by atoms with van der Waals surface area (Å²) in [4.78, 5) is 12.8. The molecule has 0 spiro atoms. The summed E-state index contributed by atoms with van der Waals surface area (Å²) in [7, 11) is 0. The highest BCUT2D eigenvalue weighted by Gasteiger charge is 2.54. The Morgan fingerprint density at radius 3 is 1.83 bits per heavy atom. The van der Waals surface area contributed by atoms with Crippen LogP contribution in [0.5, 0.6) is 5.75 Å². The largest absolute Gasteiger partial charge is 0.426 e. The number of rotatable bonds is 5. The molecule has 4 nitrogen and oxygen atoms in total.